The maximum Gasteiger partial charge on any atom is 0.259 e. The molecule has 6 heteroatoms. The minimum Gasteiger partial charge on any atom is -0.496 e. The van der Waals surface area contributed by atoms with Crippen molar-refractivity contribution in [3.63, 3.8) is 0 Å². The number of alkyl halides is 1. The Morgan fingerprint density at radius 3 is 2.35 bits per heavy atom. The topological polar surface area (TPSA) is 67.4 Å². The van der Waals surface area contributed by atoms with Crippen molar-refractivity contribution in [2.45, 2.75) is 13.1 Å². The molecule has 2 aromatic carbocycles. The van der Waals surface area contributed by atoms with Crippen LogP contribution >= 0.6 is 0 Å². The Bertz CT molecular complexity index is 702. The molecule has 1 unspecified atom stereocenters. The van der Waals surface area contributed by atoms with Gasteiger partial charge >= 0.3 is 0 Å². The molecule has 0 aliphatic carbocycles. The zero-order chi connectivity index (χ0) is 16.8. The van der Waals surface area contributed by atoms with E-state index in [1.54, 1.807) is 36.4 Å². The van der Waals surface area contributed by atoms with E-state index in [0.29, 0.717) is 17.1 Å². The molecule has 0 fully saturated rings. The minimum absolute atomic E-state index is 0.237. The molecule has 0 saturated heterocycles. The second kappa shape index (κ2) is 7.40. The number of nitrogens with one attached hydrogen (secondary N) is 2. The van der Waals surface area contributed by atoms with Crippen LogP contribution in [0, 0.1) is 0 Å². The molecule has 0 saturated carbocycles. The van der Waals surface area contributed by atoms with Crippen LogP contribution in [-0.4, -0.2) is 25.1 Å². The molecule has 2 amide bonds. The average Bonchev–Trinajstić information content (AvgIpc) is 2.55. The lowest BCUT2D eigenvalue weighted by Crippen LogP contribution is -2.21. The summed E-state index contributed by atoms with van der Waals surface area (Å²) in [7, 11) is 1.44. The fraction of sp³-hybridized carbons (Fsp3) is 0.176. The van der Waals surface area contributed by atoms with E-state index in [0.717, 1.165) is 6.92 Å². The highest BCUT2D eigenvalue weighted by atomic mass is 19.1. The van der Waals surface area contributed by atoms with Crippen LogP contribution in [0.1, 0.15) is 17.3 Å². The van der Waals surface area contributed by atoms with Crippen molar-refractivity contribution in [1.29, 1.82) is 0 Å². The summed E-state index contributed by atoms with van der Waals surface area (Å²) in [6.07, 6.45) is -1.64. The zero-order valence-corrected chi connectivity index (χ0v) is 12.8. The second-order valence-corrected chi connectivity index (χ2v) is 4.84. The first kappa shape index (κ1) is 16.5. The molecule has 0 radical (unpaired) electrons. The summed E-state index contributed by atoms with van der Waals surface area (Å²) in [5, 5.41) is 5.13. The van der Waals surface area contributed by atoms with Gasteiger partial charge in [0, 0.05) is 11.4 Å². The van der Waals surface area contributed by atoms with E-state index in [4.69, 9.17) is 4.74 Å². The molecule has 1 atom stereocenters. The molecular formula is C17H17FN2O3. The molecule has 0 bridgehead atoms. The highest BCUT2D eigenvalue weighted by molar-refractivity contribution is 6.07. The molecule has 23 heavy (non-hydrogen) atoms. The Kier molecular flexibility index (Phi) is 5.30. The standard InChI is InChI=1S/C17H17FN2O3/c1-11(18)16(21)20-13-8-9-15(23-2)14(10-13)17(22)19-12-6-4-3-5-7-12/h3-11H,1-2H3,(H,19,22)(H,20,21). The van der Waals surface area contributed by atoms with Crippen molar-refractivity contribution >= 4 is 23.2 Å². The van der Waals surface area contributed by atoms with Crippen LogP contribution in [0.3, 0.4) is 0 Å². The number of anilines is 2. The summed E-state index contributed by atoms with van der Waals surface area (Å²) in [6.45, 7) is 1.14. The van der Waals surface area contributed by atoms with Crippen molar-refractivity contribution in [2.24, 2.45) is 0 Å². The molecule has 2 rings (SSSR count). The Morgan fingerprint density at radius 1 is 1.04 bits per heavy atom. The number of carbonyl (C=O) groups is 2. The average molecular weight is 316 g/mol. The number of hydrogen-bond donors (Lipinski definition) is 2. The Morgan fingerprint density at radius 2 is 1.74 bits per heavy atom. The third-order valence-electron chi connectivity index (χ3n) is 3.10. The van der Waals surface area contributed by atoms with E-state index < -0.39 is 18.0 Å². The van der Waals surface area contributed by atoms with Gasteiger partial charge in [0.2, 0.25) is 0 Å². The number of ether oxygens (including phenoxy) is 1. The first-order valence-electron chi connectivity index (χ1n) is 7.00. The van der Waals surface area contributed by atoms with Gasteiger partial charge in [0.25, 0.3) is 11.8 Å². The van der Waals surface area contributed by atoms with Crippen LogP contribution in [0.25, 0.3) is 0 Å². The normalized spacial score (nSPS) is 11.4. The fourth-order valence-electron chi connectivity index (χ4n) is 1.92. The molecule has 5 nitrogen and oxygen atoms in total. The van der Waals surface area contributed by atoms with E-state index in [-0.39, 0.29) is 5.56 Å². The molecule has 0 spiro atoms. The summed E-state index contributed by atoms with van der Waals surface area (Å²) in [5.41, 5.74) is 1.19. The zero-order valence-electron chi connectivity index (χ0n) is 12.8. The predicted octanol–water partition coefficient (Wildman–Crippen LogP) is 3.24. The van der Waals surface area contributed by atoms with Crippen LogP contribution in [0.15, 0.2) is 48.5 Å². The van der Waals surface area contributed by atoms with Crippen LogP contribution in [0.4, 0.5) is 15.8 Å². The third-order valence-corrected chi connectivity index (χ3v) is 3.10. The lowest BCUT2D eigenvalue weighted by molar-refractivity contribution is -0.120. The van der Waals surface area contributed by atoms with Crippen LogP contribution < -0.4 is 15.4 Å². The van der Waals surface area contributed by atoms with E-state index in [1.165, 1.54) is 13.2 Å². The van der Waals surface area contributed by atoms with Crippen LogP contribution in [0.5, 0.6) is 5.75 Å². The van der Waals surface area contributed by atoms with Gasteiger partial charge in [0.1, 0.15) is 5.75 Å². The molecule has 2 aromatic rings. The van der Waals surface area contributed by atoms with Gasteiger partial charge in [-0.05, 0) is 37.3 Å². The van der Waals surface area contributed by atoms with Gasteiger partial charge in [0.15, 0.2) is 6.17 Å². The van der Waals surface area contributed by atoms with E-state index >= 15 is 0 Å². The number of rotatable bonds is 5. The van der Waals surface area contributed by atoms with Crippen molar-refractivity contribution in [3.8, 4) is 5.75 Å². The lowest BCUT2D eigenvalue weighted by atomic mass is 10.1. The van der Waals surface area contributed by atoms with Gasteiger partial charge in [-0.25, -0.2) is 4.39 Å². The molecule has 0 aliphatic rings. The van der Waals surface area contributed by atoms with Gasteiger partial charge in [0.05, 0.1) is 12.7 Å². The Labute approximate surface area is 133 Å². The third kappa shape index (κ3) is 4.29. The monoisotopic (exact) mass is 316 g/mol. The summed E-state index contributed by atoms with van der Waals surface area (Å²) >= 11 is 0. The lowest BCUT2D eigenvalue weighted by Gasteiger charge is -2.12. The summed E-state index contributed by atoms with van der Waals surface area (Å²) in [5.74, 6) is -0.813. The van der Waals surface area contributed by atoms with E-state index in [9.17, 15) is 14.0 Å². The van der Waals surface area contributed by atoms with Gasteiger partial charge < -0.3 is 15.4 Å². The number of halogens is 1. The number of methoxy groups -OCH3 is 1. The summed E-state index contributed by atoms with van der Waals surface area (Å²) in [4.78, 5) is 23.8. The van der Waals surface area contributed by atoms with Crippen molar-refractivity contribution in [1.82, 2.24) is 0 Å². The predicted molar refractivity (Wildman–Crippen MR) is 86.6 cm³/mol. The van der Waals surface area contributed by atoms with Gasteiger partial charge in [-0.2, -0.15) is 0 Å². The fourth-order valence-corrected chi connectivity index (χ4v) is 1.92. The number of benzene rings is 2. The molecule has 0 aromatic heterocycles. The number of amides is 2. The van der Waals surface area contributed by atoms with Crippen molar-refractivity contribution in [2.75, 3.05) is 17.7 Å². The Hall–Kier alpha value is -2.89. The highest BCUT2D eigenvalue weighted by Crippen LogP contribution is 2.24. The first-order chi connectivity index (χ1) is 11.0. The molecule has 0 heterocycles. The molecule has 120 valence electrons. The second-order valence-electron chi connectivity index (χ2n) is 4.84. The van der Waals surface area contributed by atoms with Gasteiger partial charge in [-0.1, -0.05) is 18.2 Å². The van der Waals surface area contributed by atoms with Crippen LogP contribution in [-0.2, 0) is 4.79 Å². The largest absolute Gasteiger partial charge is 0.496 e. The molecule has 0 aliphatic heterocycles. The summed E-state index contributed by atoms with van der Waals surface area (Å²) < 4.78 is 18.1. The number of carbonyl (C=O) groups excluding carboxylic acids is 2. The van der Waals surface area contributed by atoms with Crippen molar-refractivity contribution in [3.05, 3.63) is 54.1 Å². The molecule has 2 N–H and O–H groups in total. The highest BCUT2D eigenvalue weighted by Gasteiger charge is 2.16. The molecular weight excluding hydrogens is 299 g/mol. The first-order valence-corrected chi connectivity index (χ1v) is 7.00. The van der Waals surface area contributed by atoms with E-state index in [1.807, 2.05) is 6.07 Å². The van der Waals surface area contributed by atoms with Gasteiger partial charge in [-0.3, -0.25) is 9.59 Å². The quantitative estimate of drug-likeness (QED) is 0.890. The smallest absolute Gasteiger partial charge is 0.259 e. The maximum absolute atomic E-state index is 13.0. The van der Waals surface area contributed by atoms with Crippen LogP contribution in [0.2, 0.25) is 0 Å². The maximum atomic E-state index is 13.0. The Balaban J connectivity index is 2.24. The number of para-hydroxylation sites is 1. The minimum atomic E-state index is -1.64. The van der Waals surface area contributed by atoms with E-state index in [2.05, 4.69) is 10.6 Å². The van der Waals surface area contributed by atoms with Gasteiger partial charge in [-0.15, -0.1) is 0 Å². The summed E-state index contributed by atoms with van der Waals surface area (Å²) in [6, 6.07) is 13.5. The van der Waals surface area contributed by atoms with Crippen molar-refractivity contribution < 1.29 is 18.7 Å². The SMILES string of the molecule is COc1ccc(NC(=O)C(C)F)cc1C(=O)Nc1ccccc1. The number of hydrogen-bond acceptors (Lipinski definition) is 3.